The maximum Gasteiger partial charge on any atom is 0.164 e. The molecular formula is C17H26O4. The van der Waals surface area contributed by atoms with Crippen LogP contribution in [0.2, 0.25) is 0 Å². The van der Waals surface area contributed by atoms with Crippen molar-refractivity contribution < 1.29 is 19.3 Å². The fraction of sp³-hybridized carbons (Fsp3) is 0.647. The van der Waals surface area contributed by atoms with Gasteiger partial charge in [0.15, 0.2) is 11.5 Å². The van der Waals surface area contributed by atoms with Crippen molar-refractivity contribution in [2.45, 2.75) is 57.2 Å². The third-order valence-corrected chi connectivity index (χ3v) is 4.06. The molecule has 0 radical (unpaired) electrons. The van der Waals surface area contributed by atoms with Crippen LogP contribution in [0.15, 0.2) is 18.2 Å². The summed E-state index contributed by atoms with van der Waals surface area (Å²) in [5.74, 6) is 2.04. The van der Waals surface area contributed by atoms with E-state index in [9.17, 15) is 5.11 Å². The Morgan fingerprint density at radius 1 is 0.905 bits per heavy atom. The highest BCUT2D eigenvalue weighted by Crippen LogP contribution is 2.32. The van der Waals surface area contributed by atoms with Crippen molar-refractivity contribution >= 4 is 0 Å². The van der Waals surface area contributed by atoms with Crippen molar-refractivity contribution in [1.82, 2.24) is 0 Å². The second kappa shape index (κ2) is 8.13. The lowest BCUT2D eigenvalue weighted by Gasteiger charge is -2.24. The summed E-state index contributed by atoms with van der Waals surface area (Å²) in [5.41, 5.74) is 0. The maximum atomic E-state index is 10.3. The van der Waals surface area contributed by atoms with Crippen LogP contribution in [0, 0.1) is 0 Å². The molecular weight excluding hydrogens is 268 g/mol. The molecule has 0 aromatic heterocycles. The number of methoxy groups -OCH3 is 2. The molecule has 0 spiro atoms. The van der Waals surface area contributed by atoms with E-state index < -0.39 is 6.10 Å². The SMILES string of the molecule is COc1ccc(OC2CCCCCCCC2O)cc1OC. The molecule has 1 N–H and O–H groups in total. The first kappa shape index (κ1) is 16.0. The van der Waals surface area contributed by atoms with Crippen molar-refractivity contribution in [1.29, 1.82) is 0 Å². The van der Waals surface area contributed by atoms with Gasteiger partial charge in [-0.05, 0) is 31.4 Å². The first-order valence-electron chi connectivity index (χ1n) is 7.81. The highest BCUT2D eigenvalue weighted by molar-refractivity contribution is 5.45. The Morgan fingerprint density at radius 2 is 1.57 bits per heavy atom. The minimum absolute atomic E-state index is 0.138. The minimum Gasteiger partial charge on any atom is -0.493 e. The Labute approximate surface area is 127 Å². The summed E-state index contributed by atoms with van der Waals surface area (Å²) >= 11 is 0. The van der Waals surface area contributed by atoms with E-state index in [1.165, 1.54) is 19.3 Å². The number of hydrogen-bond donors (Lipinski definition) is 1. The predicted molar refractivity (Wildman–Crippen MR) is 82.3 cm³/mol. The predicted octanol–water partition coefficient (Wildman–Crippen LogP) is 3.56. The lowest BCUT2D eigenvalue weighted by molar-refractivity contribution is 0.0251. The van der Waals surface area contributed by atoms with Crippen LogP contribution < -0.4 is 14.2 Å². The zero-order valence-electron chi connectivity index (χ0n) is 13.0. The summed E-state index contributed by atoms with van der Waals surface area (Å²) in [6.07, 6.45) is 7.06. The first-order chi connectivity index (χ1) is 10.2. The average Bonchev–Trinajstić information content (AvgIpc) is 2.61. The van der Waals surface area contributed by atoms with E-state index in [1.807, 2.05) is 18.2 Å². The summed E-state index contributed by atoms with van der Waals surface area (Å²) in [6.45, 7) is 0. The highest BCUT2D eigenvalue weighted by atomic mass is 16.5. The standard InChI is InChI=1S/C17H26O4/c1-19-16-11-10-13(12-17(16)20-2)21-15-9-7-5-3-4-6-8-14(15)18/h10-12,14-15,18H,3-9H2,1-2H3. The smallest absolute Gasteiger partial charge is 0.164 e. The molecule has 0 aliphatic heterocycles. The summed E-state index contributed by atoms with van der Waals surface area (Å²) in [6, 6.07) is 5.51. The molecule has 2 atom stereocenters. The van der Waals surface area contributed by atoms with Crippen molar-refractivity contribution in [3.63, 3.8) is 0 Å². The second-order valence-electron chi connectivity index (χ2n) is 5.59. The fourth-order valence-corrected chi connectivity index (χ4v) is 2.81. The number of hydrogen-bond acceptors (Lipinski definition) is 4. The summed E-state index contributed by atoms with van der Waals surface area (Å²) in [5, 5.41) is 10.3. The molecule has 1 aliphatic carbocycles. The van der Waals surface area contributed by atoms with Crippen LogP contribution in [0.25, 0.3) is 0 Å². The van der Waals surface area contributed by atoms with E-state index in [2.05, 4.69) is 0 Å². The topological polar surface area (TPSA) is 47.9 Å². The van der Waals surface area contributed by atoms with Gasteiger partial charge in [0.2, 0.25) is 0 Å². The first-order valence-corrected chi connectivity index (χ1v) is 7.81. The molecule has 0 bridgehead atoms. The van der Waals surface area contributed by atoms with Gasteiger partial charge in [0.25, 0.3) is 0 Å². The summed E-state index contributed by atoms with van der Waals surface area (Å²) in [7, 11) is 3.22. The quantitative estimate of drug-likeness (QED) is 0.922. The van der Waals surface area contributed by atoms with Gasteiger partial charge >= 0.3 is 0 Å². The van der Waals surface area contributed by atoms with Crippen LogP contribution in [0.1, 0.15) is 44.9 Å². The molecule has 1 aromatic rings. The van der Waals surface area contributed by atoms with Gasteiger partial charge in [-0.25, -0.2) is 0 Å². The van der Waals surface area contributed by atoms with Gasteiger partial charge in [-0.15, -0.1) is 0 Å². The van der Waals surface area contributed by atoms with Gasteiger partial charge in [-0.2, -0.15) is 0 Å². The minimum atomic E-state index is -0.392. The third-order valence-electron chi connectivity index (χ3n) is 4.06. The van der Waals surface area contributed by atoms with E-state index in [4.69, 9.17) is 14.2 Å². The molecule has 1 aliphatic rings. The fourth-order valence-electron chi connectivity index (χ4n) is 2.81. The molecule has 4 nitrogen and oxygen atoms in total. The van der Waals surface area contributed by atoms with Crippen molar-refractivity contribution in [3.05, 3.63) is 18.2 Å². The molecule has 1 saturated carbocycles. The van der Waals surface area contributed by atoms with Gasteiger partial charge in [0, 0.05) is 6.07 Å². The molecule has 0 saturated heterocycles. The lowest BCUT2D eigenvalue weighted by Crippen LogP contribution is -2.31. The number of aliphatic hydroxyl groups excluding tert-OH is 1. The van der Waals surface area contributed by atoms with E-state index in [0.717, 1.165) is 31.4 Å². The van der Waals surface area contributed by atoms with Crippen LogP contribution in [0.5, 0.6) is 17.2 Å². The van der Waals surface area contributed by atoms with E-state index >= 15 is 0 Å². The largest absolute Gasteiger partial charge is 0.493 e. The van der Waals surface area contributed by atoms with Gasteiger partial charge in [-0.1, -0.05) is 25.7 Å². The van der Waals surface area contributed by atoms with Gasteiger partial charge in [-0.3, -0.25) is 0 Å². The zero-order valence-corrected chi connectivity index (χ0v) is 13.0. The molecule has 0 heterocycles. The normalized spacial score (nSPS) is 23.6. The Hall–Kier alpha value is -1.42. The molecule has 1 aromatic carbocycles. The van der Waals surface area contributed by atoms with Crippen LogP contribution in [-0.2, 0) is 0 Å². The van der Waals surface area contributed by atoms with Crippen molar-refractivity contribution in [3.8, 4) is 17.2 Å². The van der Waals surface area contributed by atoms with Crippen LogP contribution in [0.4, 0.5) is 0 Å². The highest BCUT2D eigenvalue weighted by Gasteiger charge is 2.22. The van der Waals surface area contributed by atoms with E-state index in [1.54, 1.807) is 14.2 Å². The summed E-state index contributed by atoms with van der Waals surface area (Å²) < 4.78 is 16.5. The number of rotatable bonds is 4. The third kappa shape index (κ3) is 4.53. The molecule has 21 heavy (non-hydrogen) atoms. The maximum absolute atomic E-state index is 10.3. The molecule has 118 valence electrons. The van der Waals surface area contributed by atoms with E-state index in [0.29, 0.717) is 11.5 Å². The van der Waals surface area contributed by atoms with Crippen LogP contribution >= 0.6 is 0 Å². The number of ether oxygens (including phenoxy) is 3. The van der Waals surface area contributed by atoms with Crippen LogP contribution in [0.3, 0.4) is 0 Å². The Morgan fingerprint density at radius 3 is 2.29 bits per heavy atom. The monoisotopic (exact) mass is 294 g/mol. The second-order valence-corrected chi connectivity index (χ2v) is 5.59. The van der Waals surface area contributed by atoms with E-state index in [-0.39, 0.29) is 6.10 Å². The lowest BCUT2D eigenvalue weighted by atomic mass is 10.0. The van der Waals surface area contributed by atoms with Crippen molar-refractivity contribution in [2.24, 2.45) is 0 Å². The molecule has 4 heteroatoms. The summed E-state index contributed by atoms with van der Waals surface area (Å²) in [4.78, 5) is 0. The molecule has 1 fully saturated rings. The number of benzene rings is 1. The average molecular weight is 294 g/mol. The van der Waals surface area contributed by atoms with Gasteiger partial charge in [0.1, 0.15) is 11.9 Å². The number of aliphatic hydroxyl groups is 1. The van der Waals surface area contributed by atoms with Crippen LogP contribution in [-0.4, -0.2) is 31.5 Å². The van der Waals surface area contributed by atoms with Crippen molar-refractivity contribution in [2.75, 3.05) is 14.2 Å². The van der Waals surface area contributed by atoms with Gasteiger partial charge < -0.3 is 19.3 Å². The Kier molecular flexibility index (Phi) is 6.18. The molecule has 2 rings (SSSR count). The van der Waals surface area contributed by atoms with Gasteiger partial charge in [0.05, 0.1) is 20.3 Å². The molecule has 0 amide bonds. The zero-order chi connectivity index (χ0) is 15.1. The Bertz CT molecular complexity index is 433. The molecule has 2 unspecified atom stereocenters. The Balaban J connectivity index is 2.07.